The number of nitrogens with one attached hydrogen (secondary N) is 2. The first-order valence-electron chi connectivity index (χ1n) is 7.72. The molecular weight excluding hydrogens is 326 g/mol. The summed E-state index contributed by atoms with van der Waals surface area (Å²) in [5.41, 5.74) is 6.36. The van der Waals surface area contributed by atoms with Gasteiger partial charge < -0.3 is 21.1 Å². The average Bonchev–Trinajstić information content (AvgIpc) is 3.21. The van der Waals surface area contributed by atoms with Crippen molar-refractivity contribution < 1.29 is 14.3 Å². The van der Waals surface area contributed by atoms with Crippen LogP contribution in [0.15, 0.2) is 41.8 Å². The first-order chi connectivity index (χ1) is 11.6. The quantitative estimate of drug-likeness (QED) is 0.747. The Bertz CT molecular complexity index is 693. The molecule has 0 saturated heterocycles. The molecule has 0 spiro atoms. The van der Waals surface area contributed by atoms with Gasteiger partial charge in [0, 0.05) is 11.3 Å². The molecule has 2 heterocycles. The van der Waals surface area contributed by atoms with Crippen LogP contribution in [0.2, 0.25) is 0 Å². The van der Waals surface area contributed by atoms with Crippen molar-refractivity contribution in [2.45, 2.75) is 25.0 Å². The standard InChI is InChI=1S/C17H19N3O3S/c18-17(22)20-13(15-6-3-7-24-15)9-16(21)19-10-12-8-11-4-1-2-5-14(11)23-12/h1-7,12-13H,8-10H2,(H,19,21)(H3,18,20,22). The smallest absolute Gasteiger partial charge is 0.312 e. The summed E-state index contributed by atoms with van der Waals surface area (Å²) in [7, 11) is 0. The third-order valence-electron chi connectivity index (χ3n) is 3.83. The Morgan fingerprint density at radius 1 is 1.29 bits per heavy atom. The number of hydrogen-bond acceptors (Lipinski definition) is 4. The lowest BCUT2D eigenvalue weighted by Gasteiger charge is -2.17. The molecule has 0 aliphatic carbocycles. The van der Waals surface area contributed by atoms with Crippen LogP contribution in [-0.4, -0.2) is 24.6 Å². The second kappa shape index (κ2) is 7.35. The van der Waals surface area contributed by atoms with E-state index in [1.165, 1.54) is 11.3 Å². The molecule has 4 N–H and O–H groups in total. The summed E-state index contributed by atoms with van der Waals surface area (Å²) < 4.78 is 5.80. The molecule has 126 valence electrons. The molecule has 2 atom stereocenters. The van der Waals surface area contributed by atoms with E-state index in [2.05, 4.69) is 10.6 Å². The van der Waals surface area contributed by atoms with Gasteiger partial charge in [0.05, 0.1) is 19.0 Å². The zero-order valence-corrected chi connectivity index (χ0v) is 13.8. The minimum absolute atomic E-state index is 0.0596. The lowest BCUT2D eigenvalue weighted by Crippen LogP contribution is -2.39. The van der Waals surface area contributed by atoms with Crippen molar-refractivity contribution >= 4 is 23.3 Å². The summed E-state index contributed by atoms with van der Waals surface area (Å²) in [6.45, 7) is 0.432. The lowest BCUT2D eigenvalue weighted by atomic mass is 10.1. The molecule has 3 amide bonds. The fourth-order valence-electron chi connectivity index (χ4n) is 2.74. The van der Waals surface area contributed by atoms with Crippen LogP contribution in [0, 0.1) is 0 Å². The predicted octanol–water partition coefficient (Wildman–Crippen LogP) is 1.97. The van der Waals surface area contributed by atoms with E-state index in [9.17, 15) is 9.59 Å². The van der Waals surface area contributed by atoms with Gasteiger partial charge in [-0.15, -0.1) is 11.3 Å². The highest BCUT2D eigenvalue weighted by Gasteiger charge is 2.24. The molecule has 6 nitrogen and oxygen atoms in total. The van der Waals surface area contributed by atoms with Crippen molar-refractivity contribution in [3.8, 4) is 5.75 Å². The number of para-hydroxylation sites is 1. The largest absolute Gasteiger partial charge is 0.488 e. The van der Waals surface area contributed by atoms with Crippen LogP contribution in [0.3, 0.4) is 0 Å². The molecule has 2 unspecified atom stereocenters. The van der Waals surface area contributed by atoms with Gasteiger partial charge >= 0.3 is 6.03 Å². The summed E-state index contributed by atoms with van der Waals surface area (Å²) in [4.78, 5) is 24.2. The lowest BCUT2D eigenvalue weighted by molar-refractivity contribution is -0.121. The van der Waals surface area contributed by atoms with E-state index in [0.717, 1.165) is 22.6 Å². The molecule has 24 heavy (non-hydrogen) atoms. The highest BCUT2D eigenvalue weighted by molar-refractivity contribution is 7.10. The van der Waals surface area contributed by atoms with Crippen molar-refractivity contribution in [3.05, 3.63) is 52.2 Å². The molecule has 2 aromatic rings. The molecule has 0 radical (unpaired) electrons. The van der Waals surface area contributed by atoms with Gasteiger partial charge in [0.2, 0.25) is 5.91 Å². The second-order valence-electron chi connectivity index (χ2n) is 5.64. The van der Waals surface area contributed by atoms with Gasteiger partial charge in [-0.2, -0.15) is 0 Å². The minimum atomic E-state index is -0.643. The number of thiophene rings is 1. The van der Waals surface area contributed by atoms with Crippen LogP contribution in [0.5, 0.6) is 5.75 Å². The highest BCUT2D eigenvalue weighted by atomic mass is 32.1. The normalized spacial score (nSPS) is 16.8. The first-order valence-corrected chi connectivity index (χ1v) is 8.60. The Morgan fingerprint density at radius 2 is 2.12 bits per heavy atom. The molecule has 0 fully saturated rings. The van der Waals surface area contributed by atoms with E-state index in [0.29, 0.717) is 6.54 Å². The highest BCUT2D eigenvalue weighted by Crippen LogP contribution is 2.28. The Kier molecular flexibility index (Phi) is 5.00. The summed E-state index contributed by atoms with van der Waals surface area (Å²) in [6, 6.07) is 10.6. The van der Waals surface area contributed by atoms with Crippen molar-refractivity contribution in [2.75, 3.05) is 6.54 Å². The van der Waals surface area contributed by atoms with E-state index in [-0.39, 0.29) is 18.4 Å². The molecule has 1 aliphatic heterocycles. The number of primary amides is 1. The van der Waals surface area contributed by atoms with Crippen LogP contribution in [0.1, 0.15) is 22.9 Å². The van der Waals surface area contributed by atoms with Crippen LogP contribution < -0.4 is 21.1 Å². The minimum Gasteiger partial charge on any atom is -0.488 e. The molecular formula is C17H19N3O3S. The Balaban J connectivity index is 1.51. The van der Waals surface area contributed by atoms with Gasteiger partial charge in [0.25, 0.3) is 0 Å². The third-order valence-corrected chi connectivity index (χ3v) is 4.82. The van der Waals surface area contributed by atoms with Gasteiger partial charge in [-0.25, -0.2) is 4.79 Å². The van der Waals surface area contributed by atoms with E-state index >= 15 is 0 Å². The van der Waals surface area contributed by atoms with Crippen LogP contribution in [0.4, 0.5) is 4.79 Å². The molecule has 1 aliphatic rings. The number of amides is 3. The maximum atomic E-state index is 12.2. The third kappa shape index (κ3) is 4.05. The number of carbonyl (C=O) groups excluding carboxylic acids is 2. The van der Waals surface area contributed by atoms with Crippen molar-refractivity contribution in [3.63, 3.8) is 0 Å². The number of hydrogen-bond donors (Lipinski definition) is 3. The van der Waals surface area contributed by atoms with Crippen molar-refractivity contribution in [1.82, 2.24) is 10.6 Å². The molecule has 7 heteroatoms. The Labute approximate surface area is 144 Å². The number of rotatable bonds is 6. The van der Waals surface area contributed by atoms with Gasteiger partial charge in [-0.3, -0.25) is 4.79 Å². The number of fused-ring (bicyclic) bond motifs is 1. The molecule has 0 saturated carbocycles. The van der Waals surface area contributed by atoms with Gasteiger partial charge in [0.1, 0.15) is 11.9 Å². The van der Waals surface area contributed by atoms with E-state index in [1.54, 1.807) is 0 Å². The Hall–Kier alpha value is -2.54. The number of nitrogens with two attached hydrogens (primary N) is 1. The monoisotopic (exact) mass is 345 g/mol. The maximum absolute atomic E-state index is 12.2. The predicted molar refractivity (Wildman–Crippen MR) is 92.0 cm³/mol. The van der Waals surface area contributed by atoms with E-state index in [4.69, 9.17) is 10.5 Å². The van der Waals surface area contributed by atoms with E-state index < -0.39 is 12.1 Å². The zero-order chi connectivity index (χ0) is 16.9. The number of urea groups is 1. The molecule has 0 bridgehead atoms. The number of carbonyl (C=O) groups is 2. The summed E-state index contributed by atoms with van der Waals surface area (Å²) in [5.74, 6) is 0.727. The first kappa shape index (κ1) is 16.3. The topological polar surface area (TPSA) is 93.5 Å². The fraction of sp³-hybridized carbons (Fsp3) is 0.294. The van der Waals surface area contributed by atoms with Crippen molar-refractivity contribution in [2.24, 2.45) is 5.73 Å². The van der Waals surface area contributed by atoms with Crippen LogP contribution in [0.25, 0.3) is 0 Å². The summed E-state index contributed by atoms with van der Waals surface area (Å²) in [5, 5.41) is 7.38. The van der Waals surface area contributed by atoms with Gasteiger partial charge in [0.15, 0.2) is 0 Å². The Morgan fingerprint density at radius 3 is 2.83 bits per heavy atom. The van der Waals surface area contributed by atoms with Crippen LogP contribution >= 0.6 is 11.3 Å². The summed E-state index contributed by atoms with van der Waals surface area (Å²) in [6.07, 6.45) is 0.864. The number of ether oxygens (including phenoxy) is 1. The summed E-state index contributed by atoms with van der Waals surface area (Å²) >= 11 is 1.48. The average molecular weight is 345 g/mol. The molecule has 1 aromatic carbocycles. The van der Waals surface area contributed by atoms with Crippen LogP contribution in [-0.2, 0) is 11.2 Å². The SMILES string of the molecule is NC(=O)NC(CC(=O)NCC1Cc2ccccc2O1)c1cccs1. The van der Waals surface area contributed by atoms with Crippen molar-refractivity contribution in [1.29, 1.82) is 0 Å². The number of benzene rings is 1. The van der Waals surface area contributed by atoms with E-state index in [1.807, 2.05) is 41.8 Å². The van der Waals surface area contributed by atoms with Gasteiger partial charge in [-0.05, 0) is 23.1 Å². The second-order valence-corrected chi connectivity index (χ2v) is 6.62. The van der Waals surface area contributed by atoms with Gasteiger partial charge in [-0.1, -0.05) is 24.3 Å². The zero-order valence-electron chi connectivity index (χ0n) is 13.0. The molecule has 1 aromatic heterocycles. The fourth-order valence-corrected chi connectivity index (χ4v) is 3.51. The molecule has 3 rings (SSSR count). The maximum Gasteiger partial charge on any atom is 0.312 e.